The lowest BCUT2D eigenvalue weighted by atomic mass is 10.2. The third-order valence-corrected chi connectivity index (χ3v) is 2.66. The zero-order valence-electron chi connectivity index (χ0n) is 8.18. The van der Waals surface area contributed by atoms with Crippen molar-refractivity contribution in [3.05, 3.63) is 35.9 Å². The molecule has 3 N–H and O–H groups in total. The Balaban J connectivity index is 1.80. The van der Waals surface area contributed by atoms with Gasteiger partial charge in [0, 0.05) is 18.1 Å². The monoisotopic (exact) mass is 220 g/mol. The lowest BCUT2D eigenvalue weighted by molar-refractivity contribution is 1.02. The lowest BCUT2D eigenvalue weighted by Gasteiger charge is -2.01. The minimum Gasteiger partial charge on any atom is -0.367 e. The van der Waals surface area contributed by atoms with Crippen LogP contribution in [0.25, 0.3) is 0 Å². The van der Waals surface area contributed by atoms with Crippen molar-refractivity contribution in [3.63, 3.8) is 0 Å². The third kappa shape index (κ3) is 2.92. The molecule has 1 heterocycles. The van der Waals surface area contributed by atoms with Crippen LogP contribution in [-0.2, 0) is 6.42 Å². The zero-order valence-corrected chi connectivity index (χ0v) is 9.00. The third-order valence-electron chi connectivity index (χ3n) is 1.97. The zero-order chi connectivity index (χ0) is 10.5. The van der Waals surface area contributed by atoms with Crippen molar-refractivity contribution in [3.8, 4) is 0 Å². The Hall–Kier alpha value is -1.62. The van der Waals surface area contributed by atoms with Crippen molar-refractivity contribution in [2.75, 3.05) is 17.6 Å². The summed E-state index contributed by atoms with van der Waals surface area (Å²) in [7, 11) is 0. The van der Waals surface area contributed by atoms with E-state index in [4.69, 9.17) is 5.73 Å². The highest BCUT2D eigenvalue weighted by Gasteiger charge is 1.98. The van der Waals surface area contributed by atoms with Gasteiger partial charge in [-0.05, 0) is 12.0 Å². The Kier molecular flexibility index (Phi) is 3.14. The summed E-state index contributed by atoms with van der Waals surface area (Å²) in [5.41, 5.74) is 6.72. The van der Waals surface area contributed by atoms with Gasteiger partial charge in [0.05, 0.1) is 0 Å². The van der Waals surface area contributed by atoms with E-state index in [1.54, 1.807) is 0 Å². The van der Waals surface area contributed by atoms with Crippen LogP contribution in [0.15, 0.2) is 30.3 Å². The molecule has 0 atom stereocenters. The van der Waals surface area contributed by atoms with Gasteiger partial charge in [-0.15, -0.1) is 0 Å². The van der Waals surface area contributed by atoms with Gasteiger partial charge < -0.3 is 11.1 Å². The van der Waals surface area contributed by atoms with E-state index < -0.39 is 0 Å². The minimum atomic E-state index is 0.335. The quantitative estimate of drug-likeness (QED) is 0.824. The average molecular weight is 220 g/mol. The standard InChI is InChI=1S/C10H12N4S/c11-9-13-10(15-14-9)12-7-6-8-4-2-1-3-5-8/h1-5H,6-7H2,(H3,11,12,13,14). The van der Waals surface area contributed by atoms with Gasteiger partial charge in [0.1, 0.15) is 0 Å². The Morgan fingerprint density at radius 1 is 1.27 bits per heavy atom. The summed E-state index contributed by atoms with van der Waals surface area (Å²) in [4.78, 5) is 4.02. The van der Waals surface area contributed by atoms with Crippen molar-refractivity contribution < 1.29 is 0 Å². The average Bonchev–Trinajstić information content (AvgIpc) is 2.66. The molecule has 2 rings (SSSR count). The molecule has 0 saturated carbocycles. The molecule has 0 radical (unpaired) electrons. The predicted molar refractivity (Wildman–Crippen MR) is 63.0 cm³/mol. The van der Waals surface area contributed by atoms with E-state index in [-0.39, 0.29) is 0 Å². The van der Waals surface area contributed by atoms with Crippen LogP contribution in [0.3, 0.4) is 0 Å². The first-order chi connectivity index (χ1) is 7.34. The number of nitrogens with zero attached hydrogens (tertiary/aromatic N) is 2. The topological polar surface area (TPSA) is 63.8 Å². The van der Waals surface area contributed by atoms with Crippen LogP contribution in [0.1, 0.15) is 5.56 Å². The van der Waals surface area contributed by atoms with E-state index in [0.29, 0.717) is 5.95 Å². The fourth-order valence-electron chi connectivity index (χ4n) is 1.27. The fraction of sp³-hybridized carbons (Fsp3) is 0.200. The van der Waals surface area contributed by atoms with Crippen molar-refractivity contribution in [2.45, 2.75) is 6.42 Å². The SMILES string of the molecule is Nc1nsc(NCCc2ccccc2)n1. The van der Waals surface area contributed by atoms with Crippen molar-refractivity contribution in [1.29, 1.82) is 0 Å². The molecule has 1 aromatic carbocycles. The summed E-state index contributed by atoms with van der Waals surface area (Å²) < 4.78 is 3.89. The normalized spacial score (nSPS) is 10.1. The van der Waals surface area contributed by atoms with Gasteiger partial charge in [0.2, 0.25) is 11.1 Å². The summed E-state index contributed by atoms with van der Waals surface area (Å²) in [5, 5.41) is 3.96. The van der Waals surface area contributed by atoms with Gasteiger partial charge in [0.25, 0.3) is 0 Å². The van der Waals surface area contributed by atoms with Crippen molar-refractivity contribution in [1.82, 2.24) is 9.36 Å². The van der Waals surface area contributed by atoms with Crippen LogP contribution in [-0.4, -0.2) is 15.9 Å². The van der Waals surface area contributed by atoms with E-state index in [9.17, 15) is 0 Å². The Morgan fingerprint density at radius 3 is 2.73 bits per heavy atom. The molecule has 0 bridgehead atoms. The molecule has 15 heavy (non-hydrogen) atoms. The molecule has 2 aromatic rings. The number of benzene rings is 1. The molecular weight excluding hydrogens is 208 g/mol. The second kappa shape index (κ2) is 4.75. The van der Waals surface area contributed by atoms with Crippen molar-refractivity contribution in [2.24, 2.45) is 0 Å². The molecule has 5 heteroatoms. The number of nitrogen functional groups attached to an aromatic ring is 1. The number of rotatable bonds is 4. The predicted octanol–water partition coefficient (Wildman–Crippen LogP) is 1.77. The van der Waals surface area contributed by atoms with E-state index in [2.05, 4.69) is 26.8 Å². The van der Waals surface area contributed by atoms with E-state index in [0.717, 1.165) is 18.1 Å². The molecule has 0 aliphatic carbocycles. The maximum absolute atomic E-state index is 5.41. The number of nitrogens with two attached hydrogens (primary N) is 1. The van der Waals surface area contributed by atoms with Gasteiger partial charge in [-0.1, -0.05) is 30.3 Å². The van der Waals surface area contributed by atoms with Crippen LogP contribution in [0.4, 0.5) is 11.1 Å². The first-order valence-corrected chi connectivity index (χ1v) is 5.49. The molecule has 1 aromatic heterocycles. The number of hydrogen-bond donors (Lipinski definition) is 2. The number of anilines is 2. The first kappa shape index (κ1) is 9.92. The second-order valence-corrected chi connectivity index (χ2v) is 3.87. The van der Waals surface area contributed by atoms with Gasteiger partial charge in [-0.3, -0.25) is 0 Å². The Bertz CT molecular complexity index is 412. The largest absolute Gasteiger partial charge is 0.367 e. The van der Waals surface area contributed by atoms with E-state index in [1.165, 1.54) is 17.1 Å². The summed E-state index contributed by atoms with van der Waals surface area (Å²) >= 11 is 1.29. The molecule has 0 amide bonds. The van der Waals surface area contributed by atoms with Gasteiger partial charge in [-0.2, -0.15) is 9.36 Å². The van der Waals surface area contributed by atoms with Gasteiger partial charge >= 0.3 is 0 Å². The smallest absolute Gasteiger partial charge is 0.233 e. The molecule has 0 spiro atoms. The molecule has 0 unspecified atom stereocenters. The molecule has 78 valence electrons. The molecule has 0 aliphatic rings. The molecule has 4 nitrogen and oxygen atoms in total. The highest BCUT2D eigenvalue weighted by Crippen LogP contribution is 2.11. The molecule has 0 aliphatic heterocycles. The van der Waals surface area contributed by atoms with E-state index in [1.807, 2.05) is 18.2 Å². The Morgan fingerprint density at radius 2 is 2.07 bits per heavy atom. The van der Waals surface area contributed by atoms with Gasteiger partial charge in [0.15, 0.2) is 0 Å². The number of aromatic nitrogens is 2. The fourth-order valence-corrected chi connectivity index (χ4v) is 1.79. The highest BCUT2D eigenvalue weighted by molar-refractivity contribution is 7.09. The number of hydrogen-bond acceptors (Lipinski definition) is 5. The first-order valence-electron chi connectivity index (χ1n) is 4.71. The van der Waals surface area contributed by atoms with Crippen molar-refractivity contribution >= 4 is 22.6 Å². The summed E-state index contributed by atoms with van der Waals surface area (Å²) in [6, 6.07) is 10.3. The molecule has 0 fully saturated rings. The van der Waals surface area contributed by atoms with Gasteiger partial charge in [-0.25, -0.2) is 0 Å². The maximum atomic E-state index is 5.41. The lowest BCUT2D eigenvalue weighted by Crippen LogP contribution is -2.04. The summed E-state index contributed by atoms with van der Waals surface area (Å²) in [6.45, 7) is 0.846. The summed E-state index contributed by atoms with van der Waals surface area (Å²) in [5.74, 6) is 0.335. The second-order valence-electron chi connectivity index (χ2n) is 3.12. The maximum Gasteiger partial charge on any atom is 0.233 e. The Labute approximate surface area is 92.3 Å². The van der Waals surface area contributed by atoms with Crippen LogP contribution in [0.5, 0.6) is 0 Å². The highest BCUT2D eigenvalue weighted by atomic mass is 32.1. The van der Waals surface area contributed by atoms with Crippen LogP contribution in [0.2, 0.25) is 0 Å². The summed E-state index contributed by atoms with van der Waals surface area (Å²) in [6.07, 6.45) is 0.973. The minimum absolute atomic E-state index is 0.335. The molecular formula is C10H12N4S. The molecule has 0 saturated heterocycles. The number of nitrogens with one attached hydrogen (secondary N) is 1. The van der Waals surface area contributed by atoms with Crippen LogP contribution >= 0.6 is 11.5 Å². The van der Waals surface area contributed by atoms with Crippen LogP contribution < -0.4 is 11.1 Å². The van der Waals surface area contributed by atoms with E-state index >= 15 is 0 Å². The van der Waals surface area contributed by atoms with Crippen LogP contribution in [0, 0.1) is 0 Å².